The highest BCUT2D eigenvalue weighted by Crippen LogP contribution is 2.38. The van der Waals surface area contributed by atoms with Crippen molar-refractivity contribution in [3.8, 4) is 5.75 Å². The van der Waals surface area contributed by atoms with Crippen LogP contribution in [0, 0.1) is 0 Å². The minimum atomic E-state index is 0.100. The summed E-state index contributed by atoms with van der Waals surface area (Å²) < 4.78 is 5.01. The summed E-state index contributed by atoms with van der Waals surface area (Å²) in [6.45, 7) is 7.18. The molecule has 0 aromatic heterocycles. The molecule has 0 bridgehead atoms. The molecule has 1 aromatic carbocycles. The number of hydrogen-bond acceptors (Lipinski definition) is 4. The second-order valence-electron chi connectivity index (χ2n) is 7.54. The van der Waals surface area contributed by atoms with Crippen molar-refractivity contribution in [3.63, 3.8) is 0 Å². The van der Waals surface area contributed by atoms with Crippen LogP contribution in [0.25, 0.3) is 0 Å². The second kappa shape index (κ2) is 12.3. The fourth-order valence-corrected chi connectivity index (χ4v) is 3.92. The van der Waals surface area contributed by atoms with Gasteiger partial charge in [0.15, 0.2) is 0 Å². The predicted molar refractivity (Wildman–Crippen MR) is 109 cm³/mol. The van der Waals surface area contributed by atoms with Crippen LogP contribution in [0.2, 0.25) is 0 Å². The van der Waals surface area contributed by atoms with Gasteiger partial charge in [-0.3, -0.25) is 0 Å². The number of hydrogen-bond donors (Lipinski definition) is 3. The summed E-state index contributed by atoms with van der Waals surface area (Å²) in [7, 11) is 0. The van der Waals surface area contributed by atoms with Crippen molar-refractivity contribution >= 4 is 0 Å². The van der Waals surface area contributed by atoms with E-state index in [9.17, 15) is 5.11 Å². The minimum Gasteiger partial charge on any atom is -0.508 e. The quantitative estimate of drug-likeness (QED) is 0.632. The fraction of sp³-hybridized carbons (Fsp3) is 0.727. The minimum absolute atomic E-state index is 0.100. The summed E-state index contributed by atoms with van der Waals surface area (Å²) in [6, 6.07) is 7.86. The molecular formula is C22H38N2O2. The highest BCUT2D eigenvalue weighted by Gasteiger charge is 2.33. The lowest BCUT2D eigenvalue weighted by Gasteiger charge is -2.39. The van der Waals surface area contributed by atoms with Gasteiger partial charge in [-0.05, 0) is 43.5 Å². The van der Waals surface area contributed by atoms with Crippen molar-refractivity contribution in [2.24, 2.45) is 0 Å². The summed E-state index contributed by atoms with van der Waals surface area (Å²) in [4.78, 5) is 0. The molecule has 1 aliphatic carbocycles. The van der Waals surface area contributed by atoms with Crippen molar-refractivity contribution in [2.75, 3.05) is 32.8 Å². The number of morpholine rings is 1. The molecule has 0 radical (unpaired) electrons. The zero-order valence-corrected chi connectivity index (χ0v) is 16.6. The summed E-state index contributed by atoms with van der Waals surface area (Å²) in [5.74, 6) is 0.389. The van der Waals surface area contributed by atoms with E-state index in [-0.39, 0.29) is 5.54 Å². The van der Waals surface area contributed by atoms with E-state index in [0.29, 0.717) is 5.75 Å². The second-order valence-corrected chi connectivity index (χ2v) is 7.54. The van der Waals surface area contributed by atoms with Gasteiger partial charge in [-0.15, -0.1) is 0 Å². The molecule has 0 unspecified atom stereocenters. The van der Waals surface area contributed by atoms with Crippen LogP contribution in [-0.4, -0.2) is 38.0 Å². The first-order valence-electron chi connectivity index (χ1n) is 10.6. The van der Waals surface area contributed by atoms with Crippen molar-refractivity contribution in [3.05, 3.63) is 29.8 Å². The van der Waals surface area contributed by atoms with E-state index in [4.69, 9.17) is 4.74 Å². The number of phenolic OH excluding ortho intramolecular Hbond substituents is 1. The van der Waals surface area contributed by atoms with Gasteiger partial charge in [-0.25, -0.2) is 0 Å². The Hall–Kier alpha value is -1.10. The summed E-state index contributed by atoms with van der Waals surface area (Å²) in [5, 5.41) is 16.8. The molecule has 1 aromatic rings. The Morgan fingerprint density at radius 2 is 1.85 bits per heavy atom. The van der Waals surface area contributed by atoms with Gasteiger partial charge in [0.1, 0.15) is 5.75 Å². The van der Waals surface area contributed by atoms with E-state index in [1.807, 2.05) is 12.1 Å². The van der Waals surface area contributed by atoms with Gasteiger partial charge in [0.05, 0.1) is 13.2 Å². The van der Waals surface area contributed by atoms with E-state index in [1.165, 1.54) is 63.4 Å². The van der Waals surface area contributed by atoms with Crippen LogP contribution < -0.4 is 10.6 Å². The Balaban J connectivity index is 0.000000342. The Labute approximate surface area is 159 Å². The van der Waals surface area contributed by atoms with Gasteiger partial charge in [0, 0.05) is 18.6 Å². The average molecular weight is 363 g/mol. The number of rotatable bonds is 7. The van der Waals surface area contributed by atoms with Gasteiger partial charge in [0.25, 0.3) is 0 Å². The van der Waals surface area contributed by atoms with E-state index in [0.717, 1.165) is 32.8 Å². The molecule has 1 saturated carbocycles. The predicted octanol–water partition coefficient (Wildman–Crippen LogP) is 4.33. The lowest BCUT2D eigenvalue weighted by molar-refractivity contribution is 0.109. The van der Waals surface area contributed by atoms with Gasteiger partial charge < -0.3 is 20.5 Å². The first-order valence-corrected chi connectivity index (χ1v) is 10.6. The lowest BCUT2D eigenvalue weighted by atomic mass is 9.76. The summed E-state index contributed by atoms with van der Waals surface area (Å²) in [5.41, 5.74) is 1.37. The normalized spacial score (nSPS) is 19.4. The van der Waals surface area contributed by atoms with Crippen LogP contribution in [-0.2, 0) is 10.3 Å². The molecule has 2 aliphatic rings. The van der Waals surface area contributed by atoms with Gasteiger partial charge in [-0.2, -0.15) is 0 Å². The first-order chi connectivity index (χ1) is 12.8. The topological polar surface area (TPSA) is 53.5 Å². The maximum absolute atomic E-state index is 9.77. The monoisotopic (exact) mass is 362 g/mol. The fourth-order valence-electron chi connectivity index (χ4n) is 3.92. The third-order valence-electron chi connectivity index (χ3n) is 5.45. The van der Waals surface area contributed by atoms with Crippen LogP contribution in [0.15, 0.2) is 24.3 Å². The third kappa shape index (κ3) is 7.26. The van der Waals surface area contributed by atoms with Crippen LogP contribution in [0.1, 0.15) is 70.3 Å². The first kappa shape index (κ1) is 21.2. The number of unbranched alkanes of at least 4 members (excludes halogenated alkanes) is 3. The molecule has 26 heavy (non-hydrogen) atoms. The molecule has 4 heteroatoms. The maximum atomic E-state index is 9.77. The van der Waals surface area contributed by atoms with Crippen molar-refractivity contribution in [1.82, 2.24) is 10.6 Å². The van der Waals surface area contributed by atoms with Crippen LogP contribution in [0.4, 0.5) is 0 Å². The highest BCUT2D eigenvalue weighted by molar-refractivity contribution is 5.33. The molecule has 4 nitrogen and oxygen atoms in total. The Morgan fingerprint density at radius 3 is 2.42 bits per heavy atom. The molecule has 0 spiro atoms. The van der Waals surface area contributed by atoms with Crippen molar-refractivity contribution in [1.29, 1.82) is 0 Å². The van der Waals surface area contributed by atoms with Crippen LogP contribution in [0.5, 0.6) is 5.75 Å². The van der Waals surface area contributed by atoms with Gasteiger partial charge >= 0.3 is 0 Å². The standard InChI is InChI=1S/C18H29NO.C4H9NO/c1-2-3-4-8-14-19-18(12-6-5-7-13-18)16-10-9-11-17(20)15-16;1-3-6-4-2-5-1/h9-11,15,19-20H,2-8,12-14H2,1H3;5H,1-4H2. The van der Waals surface area contributed by atoms with Crippen molar-refractivity contribution < 1.29 is 9.84 Å². The number of aromatic hydroxyl groups is 1. The zero-order chi connectivity index (χ0) is 18.5. The molecule has 0 amide bonds. The number of phenols is 1. The third-order valence-corrected chi connectivity index (χ3v) is 5.45. The smallest absolute Gasteiger partial charge is 0.115 e. The maximum Gasteiger partial charge on any atom is 0.115 e. The number of benzene rings is 1. The Bertz CT molecular complexity index is 471. The molecule has 3 rings (SSSR count). The molecule has 1 aliphatic heterocycles. The van der Waals surface area contributed by atoms with E-state index < -0.39 is 0 Å². The van der Waals surface area contributed by atoms with Gasteiger partial charge in [0.2, 0.25) is 0 Å². The molecule has 0 atom stereocenters. The van der Waals surface area contributed by atoms with Crippen LogP contribution >= 0.6 is 0 Å². The van der Waals surface area contributed by atoms with E-state index in [1.54, 1.807) is 6.07 Å². The summed E-state index contributed by atoms with van der Waals surface area (Å²) in [6.07, 6.45) is 11.5. The SMILES string of the molecule is C1COCCN1.CCCCCCNC1(c2cccc(O)c2)CCCCC1. The Morgan fingerprint density at radius 1 is 1.08 bits per heavy atom. The largest absolute Gasteiger partial charge is 0.508 e. The number of ether oxygens (including phenoxy) is 1. The zero-order valence-electron chi connectivity index (χ0n) is 16.6. The van der Waals surface area contributed by atoms with Crippen LogP contribution in [0.3, 0.4) is 0 Å². The molecule has 1 saturated heterocycles. The highest BCUT2D eigenvalue weighted by atomic mass is 16.5. The van der Waals surface area contributed by atoms with Gasteiger partial charge in [-0.1, -0.05) is 57.6 Å². The number of nitrogens with one attached hydrogen (secondary N) is 2. The Kier molecular flexibility index (Phi) is 10.0. The van der Waals surface area contributed by atoms with E-state index in [2.05, 4.69) is 23.6 Å². The van der Waals surface area contributed by atoms with Crippen molar-refractivity contribution in [2.45, 2.75) is 70.3 Å². The molecule has 148 valence electrons. The lowest BCUT2D eigenvalue weighted by Crippen LogP contribution is -2.44. The average Bonchev–Trinajstić information content (AvgIpc) is 2.70. The summed E-state index contributed by atoms with van der Waals surface area (Å²) >= 11 is 0. The molecule has 2 fully saturated rings. The molecule has 1 heterocycles. The molecular weight excluding hydrogens is 324 g/mol. The van der Waals surface area contributed by atoms with E-state index >= 15 is 0 Å². The molecule has 3 N–H and O–H groups in total.